The first kappa shape index (κ1) is 15.5. The number of rotatable bonds is 5. The van der Waals surface area contributed by atoms with Crippen LogP contribution in [0.15, 0.2) is 24.3 Å². The van der Waals surface area contributed by atoms with E-state index in [1.165, 1.54) is 7.11 Å². The largest absolute Gasteiger partial charge is 0.468 e. The average molecular weight is 329 g/mol. The van der Waals surface area contributed by atoms with Crippen molar-refractivity contribution in [3.8, 4) is 0 Å². The summed E-state index contributed by atoms with van der Waals surface area (Å²) >= 11 is 3.14. The first-order valence-corrected chi connectivity index (χ1v) is 6.64. The molecule has 1 amide bonds. The quantitative estimate of drug-likeness (QED) is 0.656. The highest BCUT2D eigenvalue weighted by molar-refractivity contribution is 9.10. The van der Waals surface area contributed by atoms with Gasteiger partial charge < -0.3 is 15.0 Å². The fourth-order valence-corrected chi connectivity index (χ4v) is 1.77. The number of anilines is 1. The van der Waals surface area contributed by atoms with Crippen LogP contribution in [0.3, 0.4) is 0 Å². The number of alkyl halides is 1. The van der Waals surface area contributed by atoms with Crippen molar-refractivity contribution < 1.29 is 14.3 Å². The molecule has 6 heteroatoms. The lowest BCUT2D eigenvalue weighted by atomic mass is 10.2. The van der Waals surface area contributed by atoms with E-state index in [1.807, 2.05) is 31.1 Å². The van der Waals surface area contributed by atoms with Gasteiger partial charge in [-0.15, -0.1) is 0 Å². The molecule has 0 aliphatic rings. The van der Waals surface area contributed by atoms with Gasteiger partial charge in [0, 0.05) is 31.9 Å². The molecule has 0 heterocycles. The Kier molecular flexibility index (Phi) is 5.82. The number of nitrogens with one attached hydrogen (secondary N) is 1. The third-order valence-corrected chi connectivity index (χ3v) is 3.22. The molecule has 1 aromatic rings. The van der Waals surface area contributed by atoms with Gasteiger partial charge in [-0.1, -0.05) is 22.0 Å². The smallest absolute Gasteiger partial charge is 0.321 e. The lowest BCUT2D eigenvalue weighted by molar-refractivity contribution is -0.139. The Bertz CT molecular complexity index is 463. The molecule has 5 nitrogen and oxygen atoms in total. The van der Waals surface area contributed by atoms with Crippen molar-refractivity contribution in [2.75, 3.05) is 32.6 Å². The molecule has 104 valence electrons. The molecule has 1 rings (SSSR count). The molecule has 0 saturated heterocycles. The molecule has 0 aliphatic carbocycles. The fourth-order valence-electron chi connectivity index (χ4n) is 1.42. The Morgan fingerprint density at radius 2 is 2.11 bits per heavy atom. The van der Waals surface area contributed by atoms with Crippen molar-refractivity contribution in [1.82, 2.24) is 5.32 Å². The van der Waals surface area contributed by atoms with E-state index in [2.05, 4.69) is 26.0 Å². The second-order valence-corrected chi connectivity index (χ2v) is 5.25. The summed E-state index contributed by atoms with van der Waals surface area (Å²) in [4.78, 5) is 24.5. The molecule has 0 aromatic heterocycles. The van der Waals surface area contributed by atoms with Crippen molar-refractivity contribution in [2.24, 2.45) is 0 Å². The predicted octanol–water partition coefficient (Wildman–Crippen LogP) is 1.42. The summed E-state index contributed by atoms with van der Waals surface area (Å²) in [5.74, 6) is -0.639. The van der Waals surface area contributed by atoms with Crippen molar-refractivity contribution in [3.63, 3.8) is 0 Å². The number of esters is 1. The van der Waals surface area contributed by atoms with Crippen LogP contribution in [0.4, 0.5) is 5.69 Å². The molecule has 0 saturated carbocycles. The van der Waals surface area contributed by atoms with E-state index in [0.29, 0.717) is 5.56 Å². The Balaban J connectivity index is 2.63. The maximum Gasteiger partial charge on any atom is 0.321 e. The number of nitrogens with zero attached hydrogens (tertiary/aromatic N) is 1. The van der Waals surface area contributed by atoms with E-state index >= 15 is 0 Å². The molecule has 0 spiro atoms. The summed E-state index contributed by atoms with van der Waals surface area (Å²) in [5, 5.41) is 2.67. The number of carbonyl (C=O) groups excluding carboxylic acids is 2. The zero-order valence-corrected chi connectivity index (χ0v) is 12.7. The van der Waals surface area contributed by atoms with Crippen LogP contribution in [0.1, 0.15) is 10.4 Å². The van der Waals surface area contributed by atoms with Crippen LogP contribution in [-0.4, -0.2) is 44.5 Å². The molecule has 19 heavy (non-hydrogen) atoms. The minimum Gasteiger partial charge on any atom is -0.468 e. The van der Waals surface area contributed by atoms with Gasteiger partial charge in [0.25, 0.3) is 5.91 Å². The summed E-state index contributed by atoms with van der Waals surface area (Å²) in [6.07, 6.45) is 0. The standard InChI is InChI=1S/C13H17BrN2O3/c1-16(2)10-6-4-5-9(7-10)12(17)15-8-11(14)13(18)19-3/h4-7,11H,8H2,1-3H3,(H,15,17). The van der Waals surface area contributed by atoms with E-state index < -0.39 is 10.8 Å². The molecule has 1 unspecified atom stereocenters. The highest BCUT2D eigenvalue weighted by Crippen LogP contribution is 2.13. The number of methoxy groups -OCH3 is 1. The summed E-state index contributed by atoms with van der Waals surface area (Å²) in [5.41, 5.74) is 1.49. The molecular weight excluding hydrogens is 312 g/mol. The molecule has 1 atom stereocenters. The molecule has 0 radical (unpaired) electrons. The second-order valence-electron chi connectivity index (χ2n) is 4.15. The highest BCUT2D eigenvalue weighted by Gasteiger charge is 2.16. The van der Waals surface area contributed by atoms with Gasteiger partial charge in [0.1, 0.15) is 4.83 Å². The molecule has 0 bridgehead atoms. The monoisotopic (exact) mass is 328 g/mol. The Morgan fingerprint density at radius 3 is 2.68 bits per heavy atom. The van der Waals surface area contributed by atoms with Gasteiger partial charge >= 0.3 is 5.97 Å². The van der Waals surface area contributed by atoms with Crippen molar-refractivity contribution in [3.05, 3.63) is 29.8 Å². The van der Waals surface area contributed by atoms with Gasteiger partial charge in [-0.25, -0.2) is 0 Å². The number of carbonyl (C=O) groups is 2. The first-order valence-electron chi connectivity index (χ1n) is 5.73. The van der Waals surface area contributed by atoms with Crippen LogP contribution in [0, 0.1) is 0 Å². The molecule has 0 fully saturated rings. The van der Waals surface area contributed by atoms with Gasteiger partial charge in [-0.05, 0) is 18.2 Å². The van der Waals surface area contributed by atoms with Gasteiger partial charge in [-0.2, -0.15) is 0 Å². The van der Waals surface area contributed by atoms with Crippen LogP contribution in [0.2, 0.25) is 0 Å². The molecule has 1 aromatic carbocycles. The topological polar surface area (TPSA) is 58.6 Å². The van der Waals surface area contributed by atoms with E-state index in [1.54, 1.807) is 12.1 Å². The average Bonchev–Trinajstić information content (AvgIpc) is 2.43. The van der Waals surface area contributed by atoms with Gasteiger partial charge in [0.2, 0.25) is 0 Å². The summed E-state index contributed by atoms with van der Waals surface area (Å²) in [7, 11) is 5.12. The molecule has 1 N–H and O–H groups in total. The zero-order valence-electron chi connectivity index (χ0n) is 11.1. The lowest BCUT2D eigenvalue weighted by Gasteiger charge is -2.14. The summed E-state index contributed by atoms with van der Waals surface area (Å²) in [6, 6.07) is 7.25. The van der Waals surface area contributed by atoms with Crippen LogP contribution in [-0.2, 0) is 9.53 Å². The zero-order chi connectivity index (χ0) is 14.4. The number of halogens is 1. The highest BCUT2D eigenvalue weighted by atomic mass is 79.9. The van der Waals surface area contributed by atoms with Crippen LogP contribution in [0.25, 0.3) is 0 Å². The lowest BCUT2D eigenvalue weighted by Crippen LogP contribution is -2.33. The Labute approximate surface area is 121 Å². The molecular formula is C13H17BrN2O3. The number of hydrogen-bond acceptors (Lipinski definition) is 4. The summed E-state index contributed by atoms with van der Waals surface area (Å²) in [6.45, 7) is 0.178. The second kappa shape index (κ2) is 7.13. The van der Waals surface area contributed by atoms with Crippen LogP contribution in [0.5, 0.6) is 0 Å². The first-order chi connectivity index (χ1) is 8.95. The van der Waals surface area contributed by atoms with E-state index in [0.717, 1.165) is 5.69 Å². The SMILES string of the molecule is COC(=O)C(Br)CNC(=O)c1cccc(N(C)C)c1. The van der Waals surface area contributed by atoms with Crippen molar-refractivity contribution in [1.29, 1.82) is 0 Å². The predicted molar refractivity (Wildman–Crippen MR) is 77.8 cm³/mol. The maximum atomic E-state index is 11.9. The minimum absolute atomic E-state index is 0.178. The third-order valence-electron chi connectivity index (χ3n) is 2.52. The van der Waals surface area contributed by atoms with Crippen molar-refractivity contribution >= 4 is 33.5 Å². The van der Waals surface area contributed by atoms with E-state index in [-0.39, 0.29) is 12.5 Å². The maximum absolute atomic E-state index is 11.9. The fraction of sp³-hybridized carbons (Fsp3) is 0.385. The van der Waals surface area contributed by atoms with Crippen molar-refractivity contribution in [2.45, 2.75) is 4.83 Å². The minimum atomic E-state index is -0.543. The number of ether oxygens (including phenoxy) is 1. The Hall–Kier alpha value is -1.56. The normalized spacial score (nSPS) is 11.6. The van der Waals surface area contributed by atoms with Crippen LogP contribution >= 0.6 is 15.9 Å². The van der Waals surface area contributed by atoms with E-state index in [4.69, 9.17) is 0 Å². The number of benzene rings is 1. The van der Waals surface area contributed by atoms with Crippen LogP contribution < -0.4 is 10.2 Å². The summed E-state index contributed by atoms with van der Waals surface area (Å²) < 4.78 is 4.56. The third kappa shape index (κ3) is 4.55. The number of amides is 1. The number of hydrogen-bond donors (Lipinski definition) is 1. The Morgan fingerprint density at radius 1 is 1.42 bits per heavy atom. The van der Waals surface area contributed by atoms with Gasteiger partial charge in [0.15, 0.2) is 0 Å². The molecule has 0 aliphatic heterocycles. The van der Waals surface area contributed by atoms with Gasteiger partial charge in [0.05, 0.1) is 7.11 Å². The van der Waals surface area contributed by atoms with E-state index in [9.17, 15) is 9.59 Å². The van der Waals surface area contributed by atoms with Gasteiger partial charge in [-0.3, -0.25) is 9.59 Å².